The van der Waals surface area contributed by atoms with E-state index < -0.39 is 26.6 Å². The zero-order chi connectivity index (χ0) is 18.7. The first-order valence-electron chi connectivity index (χ1n) is 8.47. The summed E-state index contributed by atoms with van der Waals surface area (Å²) in [5, 5.41) is 3.70. The minimum atomic E-state index is -4.08. The Kier molecular flexibility index (Phi) is 6.06. The van der Waals surface area contributed by atoms with Gasteiger partial charge < -0.3 is 15.0 Å². The first kappa shape index (κ1) is 19.4. The molecule has 6 nitrogen and oxygen atoms in total. The molecule has 2 heterocycles. The Morgan fingerprint density at radius 1 is 1.27 bits per heavy atom. The Morgan fingerprint density at radius 2 is 2.00 bits per heavy atom. The van der Waals surface area contributed by atoms with Crippen LogP contribution in [0.1, 0.15) is 12.8 Å². The molecule has 0 radical (unpaired) electrons. The predicted molar refractivity (Wildman–Crippen MR) is 96.3 cm³/mol. The molecular formula is C16H21F2N3O3S2. The highest BCUT2D eigenvalue weighted by Gasteiger charge is 2.31. The third-order valence-electron chi connectivity index (χ3n) is 4.54. The van der Waals surface area contributed by atoms with Gasteiger partial charge in [0, 0.05) is 39.3 Å². The Hall–Kier alpha value is -1.36. The summed E-state index contributed by atoms with van der Waals surface area (Å²) < 4.78 is 59.0. The largest absolute Gasteiger partial charge is 0.376 e. The van der Waals surface area contributed by atoms with E-state index in [9.17, 15) is 17.2 Å². The molecule has 0 saturated carbocycles. The van der Waals surface area contributed by atoms with Crippen LogP contribution in [0.15, 0.2) is 23.1 Å². The number of thiocarbonyl (C=S) groups is 1. The number of piperazine rings is 1. The van der Waals surface area contributed by atoms with Crippen LogP contribution in [0.5, 0.6) is 0 Å². The number of benzene rings is 1. The topological polar surface area (TPSA) is 61.9 Å². The number of nitrogens with one attached hydrogen (secondary N) is 1. The lowest BCUT2D eigenvalue weighted by molar-refractivity contribution is 0.113. The van der Waals surface area contributed by atoms with E-state index in [1.165, 1.54) is 0 Å². The fraction of sp³-hybridized carbons (Fsp3) is 0.562. The molecule has 0 spiro atoms. The Bertz CT molecular complexity index is 762. The van der Waals surface area contributed by atoms with Crippen LogP contribution in [0.25, 0.3) is 0 Å². The van der Waals surface area contributed by atoms with Crippen LogP contribution in [-0.4, -0.2) is 68.2 Å². The maximum absolute atomic E-state index is 13.8. The third-order valence-corrected chi connectivity index (χ3v) is 6.86. The lowest BCUT2D eigenvalue weighted by atomic mass is 10.2. The van der Waals surface area contributed by atoms with Gasteiger partial charge in [0.1, 0.15) is 16.5 Å². The van der Waals surface area contributed by atoms with Crippen LogP contribution in [0, 0.1) is 11.6 Å². The zero-order valence-corrected chi connectivity index (χ0v) is 15.8. The number of ether oxygens (including phenoxy) is 1. The lowest BCUT2D eigenvalue weighted by Crippen LogP contribution is -2.53. The molecule has 1 N–H and O–H groups in total. The average Bonchev–Trinajstić information content (AvgIpc) is 3.15. The second-order valence-corrected chi connectivity index (χ2v) is 8.58. The molecular weight excluding hydrogens is 384 g/mol. The van der Waals surface area contributed by atoms with Crippen LogP contribution in [0.2, 0.25) is 0 Å². The van der Waals surface area contributed by atoms with E-state index >= 15 is 0 Å². The summed E-state index contributed by atoms with van der Waals surface area (Å²) in [6, 6.07) is 2.43. The third kappa shape index (κ3) is 4.30. The number of halogens is 2. The summed E-state index contributed by atoms with van der Waals surface area (Å²) in [6.45, 7) is 2.47. The smallest absolute Gasteiger partial charge is 0.246 e. The molecule has 1 aromatic rings. The molecule has 144 valence electrons. The molecule has 10 heteroatoms. The number of hydrogen-bond donors (Lipinski definition) is 1. The summed E-state index contributed by atoms with van der Waals surface area (Å²) in [4.78, 5) is 1.24. The molecule has 1 aromatic carbocycles. The van der Waals surface area contributed by atoms with Gasteiger partial charge in [0.2, 0.25) is 10.0 Å². The number of nitrogens with zero attached hydrogens (tertiary/aromatic N) is 2. The zero-order valence-electron chi connectivity index (χ0n) is 14.2. The monoisotopic (exact) mass is 405 g/mol. The van der Waals surface area contributed by atoms with Crippen molar-refractivity contribution in [3.63, 3.8) is 0 Å². The number of rotatable bonds is 4. The van der Waals surface area contributed by atoms with Crippen LogP contribution in [0.4, 0.5) is 8.78 Å². The van der Waals surface area contributed by atoms with Crippen molar-refractivity contribution in [2.45, 2.75) is 23.8 Å². The van der Waals surface area contributed by atoms with Crippen molar-refractivity contribution < 1.29 is 21.9 Å². The quantitative estimate of drug-likeness (QED) is 0.763. The second-order valence-electron chi connectivity index (χ2n) is 6.29. The van der Waals surface area contributed by atoms with Gasteiger partial charge in [-0.1, -0.05) is 0 Å². The Balaban J connectivity index is 1.57. The highest BCUT2D eigenvalue weighted by atomic mass is 32.2. The molecule has 2 saturated heterocycles. The van der Waals surface area contributed by atoms with Gasteiger partial charge in [-0.2, -0.15) is 4.31 Å². The summed E-state index contributed by atoms with van der Waals surface area (Å²) in [7, 11) is -4.08. The van der Waals surface area contributed by atoms with Gasteiger partial charge in [-0.25, -0.2) is 17.2 Å². The average molecular weight is 405 g/mol. The molecule has 2 aliphatic heterocycles. The van der Waals surface area contributed by atoms with Crippen molar-refractivity contribution in [2.75, 3.05) is 39.3 Å². The van der Waals surface area contributed by atoms with Crippen molar-refractivity contribution in [3.8, 4) is 0 Å². The van der Waals surface area contributed by atoms with E-state index in [2.05, 4.69) is 5.32 Å². The first-order chi connectivity index (χ1) is 12.4. The molecule has 0 aromatic heterocycles. The van der Waals surface area contributed by atoms with Crippen LogP contribution < -0.4 is 5.32 Å². The van der Waals surface area contributed by atoms with Crippen LogP contribution in [-0.2, 0) is 14.8 Å². The van der Waals surface area contributed by atoms with Gasteiger partial charge in [-0.15, -0.1) is 0 Å². The SMILES string of the molecule is O=S(=O)(c1cc(F)ccc1F)N1CCN(C(=S)NC[C@@H]2CCCO2)CC1. The molecule has 1 atom stereocenters. The molecule has 2 fully saturated rings. The van der Waals surface area contributed by atoms with Gasteiger partial charge in [0.15, 0.2) is 5.11 Å². The van der Waals surface area contributed by atoms with Crippen LogP contribution >= 0.6 is 12.2 Å². The van der Waals surface area contributed by atoms with E-state index in [1.54, 1.807) is 0 Å². The van der Waals surface area contributed by atoms with Gasteiger partial charge in [-0.3, -0.25) is 0 Å². The van der Waals surface area contributed by atoms with Crippen molar-refractivity contribution in [3.05, 3.63) is 29.8 Å². The highest BCUT2D eigenvalue weighted by Crippen LogP contribution is 2.21. The van der Waals surface area contributed by atoms with Gasteiger partial charge >= 0.3 is 0 Å². The normalized spacial score (nSPS) is 21.8. The Morgan fingerprint density at radius 3 is 2.65 bits per heavy atom. The molecule has 26 heavy (non-hydrogen) atoms. The van der Waals surface area contributed by atoms with Crippen molar-refractivity contribution in [1.29, 1.82) is 0 Å². The summed E-state index contributed by atoms with van der Waals surface area (Å²) in [5.74, 6) is -1.74. The van der Waals surface area contributed by atoms with E-state index in [1.807, 2.05) is 4.90 Å². The molecule has 0 aliphatic carbocycles. The number of hydrogen-bond acceptors (Lipinski definition) is 4. The van der Waals surface area contributed by atoms with Gasteiger partial charge in [-0.05, 0) is 43.3 Å². The second kappa shape index (κ2) is 8.12. The van der Waals surface area contributed by atoms with Crippen molar-refractivity contribution >= 4 is 27.4 Å². The van der Waals surface area contributed by atoms with Crippen molar-refractivity contribution in [1.82, 2.24) is 14.5 Å². The maximum atomic E-state index is 13.8. The van der Waals surface area contributed by atoms with Crippen LogP contribution in [0.3, 0.4) is 0 Å². The minimum Gasteiger partial charge on any atom is -0.376 e. The summed E-state index contributed by atoms with van der Waals surface area (Å²) in [6.07, 6.45) is 2.21. The van der Waals surface area contributed by atoms with E-state index in [4.69, 9.17) is 17.0 Å². The Labute approximate surface area is 157 Å². The summed E-state index contributed by atoms with van der Waals surface area (Å²) >= 11 is 5.35. The lowest BCUT2D eigenvalue weighted by Gasteiger charge is -2.35. The molecule has 0 amide bonds. The maximum Gasteiger partial charge on any atom is 0.246 e. The fourth-order valence-electron chi connectivity index (χ4n) is 3.06. The van der Waals surface area contributed by atoms with E-state index in [0.717, 1.165) is 35.9 Å². The number of sulfonamides is 1. The first-order valence-corrected chi connectivity index (χ1v) is 10.3. The van der Waals surface area contributed by atoms with Gasteiger partial charge in [0.05, 0.1) is 6.10 Å². The minimum absolute atomic E-state index is 0.153. The van der Waals surface area contributed by atoms with Crippen molar-refractivity contribution in [2.24, 2.45) is 0 Å². The summed E-state index contributed by atoms with van der Waals surface area (Å²) in [5.41, 5.74) is 0. The molecule has 0 bridgehead atoms. The highest BCUT2D eigenvalue weighted by molar-refractivity contribution is 7.89. The van der Waals surface area contributed by atoms with E-state index in [-0.39, 0.29) is 19.2 Å². The predicted octanol–water partition coefficient (Wildman–Crippen LogP) is 1.32. The molecule has 2 aliphatic rings. The van der Waals surface area contributed by atoms with E-state index in [0.29, 0.717) is 30.8 Å². The fourth-order valence-corrected chi connectivity index (χ4v) is 4.83. The molecule has 0 unspecified atom stereocenters. The van der Waals surface area contributed by atoms with Gasteiger partial charge in [0.25, 0.3) is 0 Å². The molecule has 3 rings (SSSR count). The standard InChI is InChI=1S/C16H21F2N3O3S2/c17-12-3-4-14(18)15(10-12)26(22,23)21-7-5-20(6-8-21)16(25)19-11-13-2-1-9-24-13/h3-4,10,13H,1-2,5-9,11H2,(H,19,25)/t13-/m0/s1.